The van der Waals surface area contributed by atoms with Crippen molar-refractivity contribution < 1.29 is 14.7 Å². The van der Waals surface area contributed by atoms with Crippen LogP contribution in [0.1, 0.15) is 12.8 Å². The Morgan fingerprint density at radius 1 is 1.54 bits per heavy atom. The number of carboxylic acids is 1. The third-order valence-corrected chi connectivity index (χ3v) is 1.98. The van der Waals surface area contributed by atoms with Gasteiger partial charge in [-0.15, -0.1) is 11.6 Å². The molecule has 0 spiro atoms. The zero-order valence-electron chi connectivity index (χ0n) is 6.93. The summed E-state index contributed by atoms with van der Waals surface area (Å²) in [5.74, 6) is -0.816. The fourth-order valence-corrected chi connectivity index (χ4v) is 0.895. The van der Waals surface area contributed by atoms with Crippen molar-refractivity contribution in [3.63, 3.8) is 0 Å². The second kappa shape index (κ2) is 7.12. The summed E-state index contributed by atoms with van der Waals surface area (Å²) in [7, 11) is 0. The Morgan fingerprint density at radius 3 is 2.23 bits per heavy atom. The minimum atomic E-state index is -0.720. The van der Waals surface area contributed by atoms with E-state index in [1.165, 1.54) is 0 Å². The number of hydrogen-bond acceptors (Lipinski definition) is 3. The van der Waals surface area contributed by atoms with Crippen LogP contribution in [0.5, 0.6) is 0 Å². The van der Waals surface area contributed by atoms with Crippen molar-refractivity contribution in [3.8, 4) is 0 Å². The first kappa shape index (κ1) is 12.7. The van der Waals surface area contributed by atoms with Crippen molar-refractivity contribution >= 4 is 34.4 Å². The van der Waals surface area contributed by atoms with Gasteiger partial charge in [0.05, 0.1) is 5.88 Å². The summed E-state index contributed by atoms with van der Waals surface area (Å²) in [6, 6.07) is -0.269. The molecule has 1 heterocycles. The average molecular weight is 228 g/mol. The summed E-state index contributed by atoms with van der Waals surface area (Å²) in [6.07, 6.45) is 1.78. The van der Waals surface area contributed by atoms with Crippen LogP contribution >= 0.6 is 23.2 Å². The molecule has 0 unspecified atom stereocenters. The number of alkyl halides is 1. The third-order valence-electron chi connectivity index (χ3n) is 1.46. The summed E-state index contributed by atoms with van der Waals surface area (Å²) in [5.41, 5.74) is 0. The van der Waals surface area contributed by atoms with Gasteiger partial charge in [0.15, 0.2) is 0 Å². The second-order valence-corrected chi connectivity index (χ2v) is 3.16. The Morgan fingerprint density at radius 2 is 2.08 bits per heavy atom. The molecule has 0 bridgehead atoms. The highest BCUT2D eigenvalue weighted by atomic mass is 35.5. The number of carbonyl (C=O) groups excluding carboxylic acids is 1. The Bertz CT molecular complexity index is 181. The lowest BCUT2D eigenvalue weighted by molar-refractivity contribution is -0.139. The number of carboxylic acid groups (broad SMARTS) is 1. The van der Waals surface area contributed by atoms with E-state index in [0.29, 0.717) is 0 Å². The normalized spacial score (nSPS) is 20.3. The molecule has 0 saturated carbocycles. The van der Waals surface area contributed by atoms with Gasteiger partial charge in [0.25, 0.3) is 0 Å². The first-order valence-corrected chi connectivity index (χ1v) is 4.69. The minimum absolute atomic E-state index is 0.0957. The fraction of sp³-hybridized carbons (Fsp3) is 0.714. The van der Waals surface area contributed by atoms with E-state index in [0.717, 1.165) is 19.4 Å². The highest BCUT2D eigenvalue weighted by Gasteiger charge is 2.20. The van der Waals surface area contributed by atoms with Crippen molar-refractivity contribution in [2.24, 2.45) is 0 Å². The average Bonchev–Trinajstić information content (AvgIpc) is 2.57. The van der Waals surface area contributed by atoms with Gasteiger partial charge in [-0.05, 0) is 31.0 Å². The highest BCUT2D eigenvalue weighted by molar-refractivity contribution is 6.67. The molecular formula is C7H11Cl2NO3. The van der Waals surface area contributed by atoms with E-state index in [1.54, 1.807) is 0 Å². The summed E-state index contributed by atoms with van der Waals surface area (Å²) in [5, 5.41) is 10.7. The maximum Gasteiger partial charge on any atom is 0.320 e. The molecule has 1 atom stereocenters. The van der Waals surface area contributed by atoms with E-state index in [4.69, 9.17) is 28.3 Å². The zero-order valence-corrected chi connectivity index (χ0v) is 8.44. The van der Waals surface area contributed by atoms with Crippen molar-refractivity contribution in [1.82, 2.24) is 5.32 Å². The lowest BCUT2D eigenvalue weighted by Gasteiger charge is -1.99. The van der Waals surface area contributed by atoms with Crippen LogP contribution in [0.2, 0.25) is 0 Å². The lowest BCUT2D eigenvalue weighted by atomic mass is 10.2. The number of hydrogen-bond donors (Lipinski definition) is 2. The Labute approximate surface area is 86.2 Å². The van der Waals surface area contributed by atoms with Crippen LogP contribution in [0.4, 0.5) is 0 Å². The van der Waals surface area contributed by atoms with Crippen LogP contribution in [0.25, 0.3) is 0 Å². The molecule has 0 radical (unpaired) electrons. The number of halogens is 2. The number of carbonyl (C=O) groups is 2. The van der Waals surface area contributed by atoms with Crippen LogP contribution in [-0.2, 0) is 9.59 Å². The first-order valence-electron chi connectivity index (χ1n) is 3.78. The van der Waals surface area contributed by atoms with Crippen LogP contribution in [0.3, 0.4) is 0 Å². The van der Waals surface area contributed by atoms with Gasteiger partial charge in [-0.3, -0.25) is 9.59 Å². The van der Waals surface area contributed by atoms with Gasteiger partial charge < -0.3 is 10.4 Å². The van der Waals surface area contributed by atoms with Crippen molar-refractivity contribution in [1.29, 1.82) is 0 Å². The highest BCUT2D eigenvalue weighted by Crippen LogP contribution is 2.03. The predicted molar refractivity (Wildman–Crippen MR) is 50.2 cm³/mol. The van der Waals surface area contributed by atoms with E-state index >= 15 is 0 Å². The molecule has 1 rings (SSSR count). The van der Waals surface area contributed by atoms with Crippen LogP contribution in [0, 0.1) is 0 Å². The minimum Gasteiger partial charge on any atom is -0.480 e. The number of aliphatic carboxylic acids is 1. The van der Waals surface area contributed by atoms with Crippen molar-refractivity contribution in [2.75, 3.05) is 12.4 Å². The second-order valence-electron chi connectivity index (χ2n) is 2.48. The smallest absolute Gasteiger partial charge is 0.320 e. The van der Waals surface area contributed by atoms with E-state index in [9.17, 15) is 9.59 Å². The standard InChI is InChI=1S/C5H9NO2.C2H2Cl2O/c7-5(8)4-2-1-3-6-4;3-1-2(4)5/h4,6H,1-3H2,(H,7,8);1H2/t4-;/m0./s1. The number of nitrogens with one attached hydrogen (secondary N) is 1. The molecule has 0 aromatic carbocycles. The largest absolute Gasteiger partial charge is 0.480 e. The molecule has 6 heteroatoms. The molecule has 1 saturated heterocycles. The summed E-state index contributed by atoms with van der Waals surface area (Å²) < 4.78 is 0. The molecule has 76 valence electrons. The summed E-state index contributed by atoms with van der Waals surface area (Å²) in [6.45, 7) is 0.858. The maximum absolute atomic E-state index is 10.1. The third kappa shape index (κ3) is 6.81. The molecule has 0 aromatic heterocycles. The van der Waals surface area contributed by atoms with E-state index in [2.05, 4.69) is 5.32 Å². The SMILES string of the molecule is O=C(Cl)CCl.O=C(O)[C@@H]1CCCN1. The van der Waals surface area contributed by atoms with E-state index in [1.807, 2.05) is 0 Å². The maximum atomic E-state index is 10.1. The monoisotopic (exact) mass is 227 g/mol. The quantitative estimate of drug-likeness (QED) is 0.542. The Balaban J connectivity index is 0.000000252. The van der Waals surface area contributed by atoms with E-state index < -0.39 is 11.2 Å². The van der Waals surface area contributed by atoms with Crippen molar-refractivity contribution in [2.45, 2.75) is 18.9 Å². The molecule has 4 nitrogen and oxygen atoms in total. The van der Waals surface area contributed by atoms with Gasteiger partial charge in [-0.1, -0.05) is 0 Å². The molecule has 1 aliphatic heterocycles. The Hall–Kier alpha value is -0.320. The molecule has 1 fully saturated rings. The van der Waals surface area contributed by atoms with Gasteiger partial charge >= 0.3 is 5.97 Å². The lowest BCUT2D eigenvalue weighted by Crippen LogP contribution is -2.29. The van der Waals surface area contributed by atoms with Gasteiger partial charge in [-0.2, -0.15) is 0 Å². The summed E-state index contributed by atoms with van der Waals surface area (Å²) in [4.78, 5) is 19.6. The molecule has 0 aromatic rings. The van der Waals surface area contributed by atoms with Crippen molar-refractivity contribution in [3.05, 3.63) is 0 Å². The molecule has 0 aliphatic carbocycles. The topological polar surface area (TPSA) is 66.4 Å². The van der Waals surface area contributed by atoms with Gasteiger partial charge in [-0.25, -0.2) is 0 Å². The molecule has 13 heavy (non-hydrogen) atoms. The van der Waals surface area contributed by atoms with Crippen LogP contribution < -0.4 is 5.32 Å². The Kier molecular flexibility index (Phi) is 6.94. The first-order chi connectivity index (χ1) is 6.07. The van der Waals surface area contributed by atoms with Gasteiger partial charge in [0, 0.05) is 0 Å². The molecule has 0 amide bonds. The molecule has 1 aliphatic rings. The van der Waals surface area contributed by atoms with Crippen LogP contribution in [-0.4, -0.2) is 34.8 Å². The van der Waals surface area contributed by atoms with Crippen LogP contribution in [0.15, 0.2) is 0 Å². The molecule has 2 N–H and O–H groups in total. The zero-order chi connectivity index (χ0) is 10.3. The summed E-state index contributed by atoms with van der Waals surface area (Å²) >= 11 is 9.55. The van der Waals surface area contributed by atoms with E-state index in [-0.39, 0.29) is 11.9 Å². The fourth-order valence-electron chi connectivity index (χ4n) is 0.895. The predicted octanol–water partition coefficient (Wildman–Crippen LogP) is 0.814. The molecular weight excluding hydrogens is 217 g/mol. The van der Waals surface area contributed by atoms with Gasteiger partial charge in [0.1, 0.15) is 6.04 Å². The number of rotatable bonds is 2. The van der Waals surface area contributed by atoms with Gasteiger partial charge in [0.2, 0.25) is 5.24 Å².